The molecule has 0 aliphatic carbocycles. The molecule has 0 aliphatic heterocycles. The zero-order valence-electron chi connectivity index (χ0n) is 23.1. The highest BCUT2D eigenvalue weighted by molar-refractivity contribution is 5.72. The van der Waals surface area contributed by atoms with Gasteiger partial charge in [-0.25, -0.2) is 17.6 Å². The molecule has 0 atom stereocenters. The zero-order chi connectivity index (χ0) is 29.1. The molecule has 0 aromatic heterocycles. The summed E-state index contributed by atoms with van der Waals surface area (Å²) in [5.74, 6) is 3.71. The number of hydrogen-bond acceptors (Lipinski definition) is 0. The average Bonchev–Trinajstić information content (AvgIpc) is 2.94. The quantitative estimate of drug-likeness (QED) is 0.151. The molecule has 204 valence electrons. The Morgan fingerprint density at radius 3 is 1.80 bits per heavy atom. The van der Waals surface area contributed by atoms with Gasteiger partial charge in [0.2, 0.25) is 0 Å². The van der Waals surface area contributed by atoms with Crippen LogP contribution in [0.4, 0.5) is 17.6 Å². The molecule has 5 aromatic rings. The summed E-state index contributed by atoms with van der Waals surface area (Å²) in [7, 11) is 0. The number of halogens is 4. The van der Waals surface area contributed by atoms with E-state index in [1.807, 2.05) is 51.1 Å². The van der Waals surface area contributed by atoms with E-state index in [9.17, 15) is 8.78 Å². The fourth-order valence-electron chi connectivity index (χ4n) is 4.86. The molecule has 0 heterocycles. The smallest absolute Gasteiger partial charge is 0.132 e. The molecule has 0 bridgehead atoms. The Kier molecular flexibility index (Phi) is 8.08. The van der Waals surface area contributed by atoms with Crippen LogP contribution in [0.2, 0.25) is 0 Å². The molecule has 0 fully saturated rings. The third-order valence-corrected chi connectivity index (χ3v) is 7.13. The molecule has 41 heavy (non-hydrogen) atoms. The second-order valence-corrected chi connectivity index (χ2v) is 10.2. The van der Waals surface area contributed by atoms with Gasteiger partial charge in [0.25, 0.3) is 0 Å². The highest BCUT2D eigenvalue weighted by Crippen LogP contribution is 2.32. The summed E-state index contributed by atoms with van der Waals surface area (Å²) in [4.78, 5) is 0. The summed E-state index contributed by atoms with van der Waals surface area (Å²) >= 11 is 0. The van der Waals surface area contributed by atoms with Crippen LogP contribution in [0.25, 0.3) is 33.4 Å². The normalized spacial score (nSPS) is 10.8. The van der Waals surface area contributed by atoms with Crippen LogP contribution in [0.3, 0.4) is 0 Å². The molecular formula is C37H28F4. The van der Waals surface area contributed by atoms with Crippen molar-refractivity contribution in [3.63, 3.8) is 0 Å². The van der Waals surface area contributed by atoms with Crippen molar-refractivity contribution in [3.05, 3.63) is 142 Å². The van der Waals surface area contributed by atoms with Gasteiger partial charge in [-0.1, -0.05) is 85.3 Å². The lowest BCUT2D eigenvalue weighted by Crippen LogP contribution is -1.93. The van der Waals surface area contributed by atoms with Crippen molar-refractivity contribution in [1.82, 2.24) is 0 Å². The van der Waals surface area contributed by atoms with E-state index < -0.39 is 17.5 Å². The van der Waals surface area contributed by atoms with Gasteiger partial charge in [0, 0.05) is 33.4 Å². The summed E-state index contributed by atoms with van der Waals surface area (Å²) < 4.78 is 59.8. The van der Waals surface area contributed by atoms with Crippen LogP contribution < -0.4 is 0 Å². The van der Waals surface area contributed by atoms with E-state index in [-0.39, 0.29) is 16.9 Å². The van der Waals surface area contributed by atoms with E-state index in [1.54, 1.807) is 24.3 Å². The van der Waals surface area contributed by atoms with Gasteiger partial charge >= 0.3 is 0 Å². The first-order valence-corrected chi connectivity index (χ1v) is 13.5. The first-order chi connectivity index (χ1) is 19.7. The van der Waals surface area contributed by atoms with Crippen molar-refractivity contribution < 1.29 is 17.6 Å². The summed E-state index contributed by atoms with van der Waals surface area (Å²) in [6.45, 7) is 5.84. The summed E-state index contributed by atoms with van der Waals surface area (Å²) in [6, 6.07) is 24.3. The van der Waals surface area contributed by atoms with Gasteiger partial charge < -0.3 is 0 Å². The summed E-state index contributed by atoms with van der Waals surface area (Å²) in [5.41, 5.74) is 5.73. The molecular weight excluding hydrogens is 520 g/mol. The topological polar surface area (TPSA) is 0 Å². The van der Waals surface area contributed by atoms with Gasteiger partial charge in [0.15, 0.2) is 0 Å². The molecule has 0 spiro atoms. The SMILES string of the molecule is CCCc1ccc(-c2ccc(-c3ccc(C#Cc4cc(F)c(-c5ccc(C)cc5)cc4C)cc3F)c(F)c2)c(F)c1. The highest BCUT2D eigenvalue weighted by atomic mass is 19.1. The van der Waals surface area contributed by atoms with Crippen LogP contribution >= 0.6 is 0 Å². The Hall–Kier alpha value is -4.62. The van der Waals surface area contributed by atoms with Crippen LogP contribution in [0.1, 0.15) is 41.2 Å². The molecule has 5 rings (SSSR count). The number of rotatable bonds is 5. The average molecular weight is 549 g/mol. The minimum Gasteiger partial charge on any atom is -0.206 e. The molecule has 0 unspecified atom stereocenters. The van der Waals surface area contributed by atoms with Gasteiger partial charge in [-0.05, 0) is 78.9 Å². The van der Waals surface area contributed by atoms with Crippen molar-refractivity contribution in [3.8, 4) is 45.2 Å². The summed E-state index contributed by atoms with van der Waals surface area (Å²) in [6.07, 6.45) is 1.67. The molecule has 0 radical (unpaired) electrons. The zero-order valence-corrected chi connectivity index (χ0v) is 23.1. The number of aryl methyl sites for hydroxylation is 3. The van der Waals surface area contributed by atoms with Crippen molar-refractivity contribution in [1.29, 1.82) is 0 Å². The van der Waals surface area contributed by atoms with Crippen LogP contribution in [0, 0.1) is 49.0 Å². The van der Waals surface area contributed by atoms with Crippen molar-refractivity contribution in [2.45, 2.75) is 33.6 Å². The predicted molar refractivity (Wildman–Crippen MR) is 158 cm³/mol. The van der Waals surface area contributed by atoms with Gasteiger partial charge in [-0.2, -0.15) is 0 Å². The lowest BCUT2D eigenvalue weighted by atomic mass is 9.97. The third kappa shape index (κ3) is 6.10. The Balaban J connectivity index is 1.39. The van der Waals surface area contributed by atoms with E-state index in [0.717, 1.165) is 35.1 Å². The van der Waals surface area contributed by atoms with Crippen molar-refractivity contribution >= 4 is 0 Å². The van der Waals surface area contributed by atoms with Crippen LogP contribution in [-0.4, -0.2) is 0 Å². The largest absolute Gasteiger partial charge is 0.206 e. The number of hydrogen-bond donors (Lipinski definition) is 0. The Labute approximate surface area is 238 Å². The van der Waals surface area contributed by atoms with Crippen molar-refractivity contribution in [2.24, 2.45) is 0 Å². The second kappa shape index (κ2) is 11.9. The van der Waals surface area contributed by atoms with Crippen molar-refractivity contribution in [2.75, 3.05) is 0 Å². The minimum atomic E-state index is -0.656. The van der Waals surface area contributed by atoms with Gasteiger partial charge in [-0.3, -0.25) is 0 Å². The maximum absolute atomic E-state index is 15.1. The van der Waals surface area contributed by atoms with Crippen LogP contribution in [-0.2, 0) is 6.42 Å². The third-order valence-electron chi connectivity index (χ3n) is 7.13. The lowest BCUT2D eigenvalue weighted by Gasteiger charge is -2.10. The first-order valence-electron chi connectivity index (χ1n) is 13.5. The Morgan fingerprint density at radius 1 is 0.537 bits per heavy atom. The summed E-state index contributed by atoms with van der Waals surface area (Å²) in [5, 5.41) is 0. The molecule has 0 N–H and O–H groups in total. The van der Waals surface area contributed by atoms with Gasteiger partial charge in [0.05, 0.1) is 0 Å². The maximum Gasteiger partial charge on any atom is 0.132 e. The van der Waals surface area contributed by atoms with Gasteiger partial charge in [-0.15, -0.1) is 0 Å². The Bertz CT molecular complexity index is 1800. The fraction of sp³-hybridized carbons (Fsp3) is 0.135. The maximum atomic E-state index is 15.1. The molecule has 4 heteroatoms. The standard InChI is InChI=1S/C37H28F4/c1-4-5-25-9-15-30(34(38)19-25)29-14-17-32(36(40)22-29)31-16-10-26(20-35(31)39)8-13-28-21-37(41)33(18-24(28)3)27-11-6-23(2)7-12-27/h6-7,9-12,14-22H,4-5H2,1-3H3. The molecule has 0 saturated heterocycles. The molecule has 0 nitrogen and oxygen atoms in total. The second-order valence-electron chi connectivity index (χ2n) is 10.2. The highest BCUT2D eigenvalue weighted by Gasteiger charge is 2.14. The number of benzene rings is 5. The first kappa shape index (κ1) is 27.9. The lowest BCUT2D eigenvalue weighted by molar-refractivity contribution is 0.615. The van der Waals surface area contributed by atoms with Gasteiger partial charge in [0.1, 0.15) is 23.3 Å². The van der Waals surface area contributed by atoms with E-state index in [1.165, 1.54) is 36.4 Å². The molecule has 0 amide bonds. The molecule has 0 saturated carbocycles. The Morgan fingerprint density at radius 2 is 1.15 bits per heavy atom. The van der Waals surface area contributed by atoms with E-state index in [0.29, 0.717) is 27.8 Å². The van der Waals surface area contributed by atoms with Crippen LogP contribution in [0.15, 0.2) is 91.0 Å². The predicted octanol–water partition coefficient (Wildman–Crippen LogP) is 10.2. The minimum absolute atomic E-state index is 0.0679. The van der Waals surface area contributed by atoms with E-state index in [4.69, 9.17) is 0 Å². The fourth-order valence-corrected chi connectivity index (χ4v) is 4.86. The van der Waals surface area contributed by atoms with E-state index >= 15 is 8.78 Å². The molecule has 0 aliphatic rings. The van der Waals surface area contributed by atoms with E-state index in [2.05, 4.69) is 11.8 Å². The monoisotopic (exact) mass is 548 g/mol. The van der Waals surface area contributed by atoms with Crippen LogP contribution in [0.5, 0.6) is 0 Å². The molecule has 5 aromatic carbocycles.